The van der Waals surface area contributed by atoms with Crippen molar-refractivity contribution >= 4 is 29.1 Å². The van der Waals surface area contributed by atoms with Crippen molar-refractivity contribution in [3.8, 4) is 11.3 Å². The molecular formula is C23H24ClN5O. The molecule has 4 rings (SSSR count). The summed E-state index contributed by atoms with van der Waals surface area (Å²) >= 11 is 5.94. The van der Waals surface area contributed by atoms with Gasteiger partial charge in [0.25, 0.3) is 0 Å². The SMILES string of the molecule is Cc1ccc(NC(=O)N2CCN(c3ccc(-c4ccc(Cl)cc4)nn3)CC2)cc1C. The first-order valence-corrected chi connectivity index (χ1v) is 10.4. The molecule has 0 atom stereocenters. The van der Waals surface area contributed by atoms with E-state index in [9.17, 15) is 4.79 Å². The quantitative estimate of drug-likeness (QED) is 0.661. The van der Waals surface area contributed by atoms with Gasteiger partial charge >= 0.3 is 6.03 Å². The standard InChI is InChI=1S/C23H24ClN5O/c1-16-3-8-20(15-17(16)2)25-23(30)29-13-11-28(12-14-29)22-10-9-21(26-27-22)18-4-6-19(24)7-5-18/h3-10,15H,11-14H2,1-2H3,(H,25,30). The third-order valence-corrected chi connectivity index (χ3v) is 5.69. The number of urea groups is 1. The molecule has 1 aliphatic rings. The Balaban J connectivity index is 1.34. The number of benzene rings is 2. The zero-order chi connectivity index (χ0) is 21.1. The largest absolute Gasteiger partial charge is 0.352 e. The molecule has 2 heterocycles. The van der Waals surface area contributed by atoms with Crippen LogP contribution in [0.5, 0.6) is 0 Å². The fraction of sp³-hybridized carbons (Fsp3) is 0.261. The zero-order valence-electron chi connectivity index (χ0n) is 17.1. The van der Waals surface area contributed by atoms with Crippen LogP contribution >= 0.6 is 11.6 Å². The van der Waals surface area contributed by atoms with E-state index in [2.05, 4.69) is 27.3 Å². The van der Waals surface area contributed by atoms with Gasteiger partial charge in [0.15, 0.2) is 5.82 Å². The van der Waals surface area contributed by atoms with Crippen LogP contribution in [0.1, 0.15) is 11.1 Å². The summed E-state index contributed by atoms with van der Waals surface area (Å²) in [5.41, 5.74) is 4.99. The van der Waals surface area contributed by atoms with Crippen molar-refractivity contribution in [1.82, 2.24) is 15.1 Å². The van der Waals surface area contributed by atoms with E-state index in [1.54, 1.807) is 0 Å². The second-order valence-electron chi connectivity index (χ2n) is 7.49. The molecule has 30 heavy (non-hydrogen) atoms. The highest BCUT2D eigenvalue weighted by molar-refractivity contribution is 6.30. The molecule has 1 N–H and O–H groups in total. The van der Waals surface area contributed by atoms with Gasteiger partial charge in [0, 0.05) is 42.5 Å². The maximum atomic E-state index is 12.6. The number of nitrogens with zero attached hydrogens (tertiary/aromatic N) is 4. The summed E-state index contributed by atoms with van der Waals surface area (Å²) in [6.07, 6.45) is 0. The molecule has 2 amide bonds. The maximum Gasteiger partial charge on any atom is 0.321 e. The van der Waals surface area contributed by atoms with E-state index in [1.165, 1.54) is 11.1 Å². The third kappa shape index (κ3) is 4.54. The molecule has 1 fully saturated rings. The summed E-state index contributed by atoms with van der Waals surface area (Å²) in [6.45, 7) is 6.81. The number of carbonyl (C=O) groups is 1. The van der Waals surface area contributed by atoms with E-state index < -0.39 is 0 Å². The second kappa shape index (κ2) is 8.71. The molecule has 6 nitrogen and oxygen atoms in total. The van der Waals surface area contributed by atoms with Gasteiger partial charge in [-0.2, -0.15) is 0 Å². The summed E-state index contributed by atoms with van der Waals surface area (Å²) in [5, 5.41) is 12.4. The molecule has 0 spiro atoms. The van der Waals surface area contributed by atoms with Gasteiger partial charge in [0.05, 0.1) is 5.69 Å². The molecule has 0 bridgehead atoms. The van der Waals surface area contributed by atoms with Crippen LogP contribution in [0.2, 0.25) is 5.02 Å². The van der Waals surface area contributed by atoms with Crippen LogP contribution in [0.3, 0.4) is 0 Å². The molecule has 1 aromatic heterocycles. The van der Waals surface area contributed by atoms with Gasteiger partial charge in [0.2, 0.25) is 0 Å². The topological polar surface area (TPSA) is 61.4 Å². The molecule has 0 saturated carbocycles. The van der Waals surface area contributed by atoms with Gasteiger partial charge in [-0.15, -0.1) is 10.2 Å². The van der Waals surface area contributed by atoms with Gasteiger partial charge in [0.1, 0.15) is 0 Å². The summed E-state index contributed by atoms with van der Waals surface area (Å²) in [5.74, 6) is 0.821. The first-order valence-electron chi connectivity index (χ1n) is 9.97. The Hall–Kier alpha value is -3.12. The Morgan fingerprint density at radius 2 is 1.63 bits per heavy atom. The number of carbonyl (C=O) groups excluding carboxylic acids is 1. The van der Waals surface area contributed by atoms with Crippen LogP contribution in [0.4, 0.5) is 16.3 Å². The number of nitrogens with one attached hydrogen (secondary N) is 1. The number of hydrogen-bond donors (Lipinski definition) is 1. The van der Waals surface area contributed by atoms with Crippen molar-refractivity contribution < 1.29 is 4.79 Å². The van der Waals surface area contributed by atoms with Crippen LogP contribution in [0.25, 0.3) is 11.3 Å². The Morgan fingerprint density at radius 3 is 2.27 bits per heavy atom. The molecule has 1 saturated heterocycles. The van der Waals surface area contributed by atoms with Crippen molar-refractivity contribution in [2.75, 3.05) is 36.4 Å². The van der Waals surface area contributed by atoms with Gasteiger partial charge in [-0.25, -0.2) is 4.79 Å². The molecule has 3 aromatic rings. The van der Waals surface area contributed by atoms with Crippen LogP contribution in [-0.2, 0) is 0 Å². The summed E-state index contributed by atoms with van der Waals surface area (Å²) < 4.78 is 0. The lowest BCUT2D eigenvalue weighted by Crippen LogP contribution is -2.50. The van der Waals surface area contributed by atoms with E-state index in [-0.39, 0.29) is 6.03 Å². The summed E-state index contributed by atoms with van der Waals surface area (Å²) in [7, 11) is 0. The smallest absolute Gasteiger partial charge is 0.321 e. The molecular weight excluding hydrogens is 398 g/mol. The summed E-state index contributed by atoms with van der Waals surface area (Å²) in [4.78, 5) is 16.6. The van der Waals surface area contributed by atoms with Crippen molar-refractivity contribution in [3.05, 3.63) is 70.7 Å². The minimum absolute atomic E-state index is 0.0675. The molecule has 7 heteroatoms. The number of aryl methyl sites for hydroxylation is 2. The van der Waals surface area contributed by atoms with Gasteiger partial charge in [-0.1, -0.05) is 29.8 Å². The highest BCUT2D eigenvalue weighted by Gasteiger charge is 2.22. The average Bonchev–Trinajstić information content (AvgIpc) is 2.77. The zero-order valence-corrected chi connectivity index (χ0v) is 17.9. The highest BCUT2D eigenvalue weighted by Crippen LogP contribution is 2.21. The molecule has 1 aliphatic heterocycles. The molecule has 2 aromatic carbocycles. The fourth-order valence-corrected chi connectivity index (χ4v) is 3.55. The molecule has 0 radical (unpaired) electrons. The number of hydrogen-bond acceptors (Lipinski definition) is 4. The number of aromatic nitrogens is 2. The Morgan fingerprint density at radius 1 is 0.900 bits per heavy atom. The van der Waals surface area contributed by atoms with Crippen molar-refractivity contribution in [1.29, 1.82) is 0 Å². The van der Waals surface area contributed by atoms with Crippen LogP contribution in [0, 0.1) is 13.8 Å². The Bertz CT molecular complexity index is 1030. The Labute approximate surface area is 181 Å². The first kappa shape index (κ1) is 20.2. The normalized spacial score (nSPS) is 14.0. The highest BCUT2D eigenvalue weighted by atomic mass is 35.5. The second-order valence-corrected chi connectivity index (χ2v) is 7.92. The molecule has 0 aliphatic carbocycles. The van der Waals surface area contributed by atoms with Gasteiger partial charge < -0.3 is 15.1 Å². The average molecular weight is 422 g/mol. The predicted molar refractivity (Wildman–Crippen MR) is 121 cm³/mol. The lowest BCUT2D eigenvalue weighted by molar-refractivity contribution is 0.208. The Kier molecular flexibility index (Phi) is 5.86. The number of anilines is 2. The maximum absolute atomic E-state index is 12.6. The number of amides is 2. The third-order valence-electron chi connectivity index (χ3n) is 5.44. The van der Waals surface area contributed by atoms with Crippen LogP contribution in [0.15, 0.2) is 54.6 Å². The predicted octanol–water partition coefficient (Wildman–Crippen LogP) is 4.77. The molecule has 154 valence electrons. The van der Waals surface area contributed by atoms with Crippen molar-refractivity contribution in [2.45, 2.75) is 13.8 Å². The minimum atomic E-state index is -0.0675. The lowest BCUT2D eigenvalue weighted by Gasteiger charge is -2.35. The van der Waals surface area contributed by atoms with Crippen LogP contribution in [-0.4, -0.2) is 47.3 Å². The fourth-order valence-electron chi connectivity index (χ4n) is 3.43. The lowest BCUT2D eigenvalue weighted by atomic mass is 10.1. The van der Waals surface area contributed by atoms with E-state index in [1.807, 2.05) is 66.4 Å². The van der Waals surface area contributed by atoms with E-state index in [0.29, 0.717) is 18.1 Å². The van der Waals surface area contributed by atoms with Gasteiger partial charge in [-0.05, 0) is 61.4 Å². The molecule has 0 unspecified atom stereocenters. The number of piperazine rings is 1. The van der Waals surface area contributed by atoms with E-state index in [4.69, 9.17) is 11.6 Å². The minimum Gasteiger partial charge on any atom is -0.352 e. The van der Waals surface area contributed by atoms with Crippen LogP contribution < -0.4 is 10.2 Å². The number of rotatable bonds is 3. The van der Waals surface area contributed by atoms with Crippen molar-refractivity contribution in [2.24, 2.45) is 0 Å². The van der Waals surface area contributed by atoms with E-state index in [0.717, 1.165) is 35.9 Å². The first-order chi connectivity index (χ1) is 14.5. The van der Waals surface area contributed by atoms with Crippen molar-refractivity contribution in [3.63, 3.8) is 0 Å². The monoisotopic (exact) mass is 421 g/mol. The number of halogens is 1. The van der Waals surface area contributed by atoms with Gasteiger partial charge in [-0.3, -0.25) is 0 Å². The summed E-state index contributed by atoms with van der Waals surface area (Å²) in [6, 6.07) is 17.4. The van der Waals surface area contributed by atoms with E-state index >= 15 is 0 Å².